The van der Waals surface area contributed by atoms with Crippen molar-refractivity contribution < 1.29 is 4.79 Å². The molecule has 2 aromatic rings. The maximum atomic E-state index is 12.7. The molecule has 2 atom stereocenters. The normalized spacial score (nSPS) is 17.0. The third-order valence-electron chi connectivity index (χ3n) is 5.10. The first-order valence-corrected chi connectivity index (χ1v) is 8.73. The fourth-order valence-corrected chi connectivity index (χ4v) is 3.50. The topological polar surface area (TPSA) is 32.3 Å². The van der Waals surface area contributed by atoms with Gasteiger partial charge in [0.05, 0.1) is 12.1 Å². The molecule has 24 heavy (non-hydrogen) atoms. The Labute approximate surface area is 144 Å². The van der Waals surface area contributed by atoms with Gasteiger partial charge < -0.3 is 5.32 Å². The number of rotatable bonds is 4. The molecule has 2 unspecified atom stereocenters. The van der Waals surface area contributed by atoms with Crippen LogP contribution in [0.2, 0.25) is 0 Å². The molecule has 0 aliphatic carbocycles. The van der Waals surface area contributed by atoms with Crippen LogP contribution in [-0.4, -0.2) is 23.4 Å². The van der Waals surface area contributed by atoms with E-state index < -0.39 is 0 Å². The summed E-state index contributed by atoms with van der Waals surface area (Å²) in [6.07, 6.45) is 1.02. The SMILES string of the molecule is Cc1ccccc1C(C)NC(=O)C(C)N1CCc2ccccc2C1. The molecule has 3 heteroatoms. The molecule has 1 heterocycles. The summed E-state index contributed by atoms with van der Waals surface area (Å²) in [5.41, 5.74) is 5.15. The minimum atomic E-state index is -0.121. The van der Waals surface area contributed by atoms with E-state index in [4.69, 9.17) is 0 Å². The van der Waals surface area contributed by atoms with Crippen LogP contribution < -0.4 is 5.32 Å². The number of benzene rings is 2. The standard InChI is InChI=1S/C21H26N2O/c1-15-8-4-7-11-20(15)16(2)22-21(24)17(3)23-13-12-18-9-5-6-10-19(18)14-23/h4-11,16-17H,12-14H2,1-3H3,(H,22,24). The number of nitrogens with zero attached hydrogens (tertiary/aromatic N) is 1. The number of hydrogen-bond acceptors (Lipinski definition) is 2. The molecule has 0 fully saturated rings. The molecule has 3 rings (SSSR count). The highest BCUT2D eigenvalue weighted by Gasteiger charge is 2.26. The van der Waals surface area contributed by atoms with Gasteiger partial charge in [-0.05, 0) is 49.4 Å². The Morgan fingerprint density at radius 3 is 2.46 bits per heavy atom. The summed E-state index contributed by atoms with van der Waals surface area (Å²) in [4.78, 5) is 15.0. The summed E-state index contributed by atoms with van der Waals surface area (Å²) in [6.45, 7) is 7.93. The third-order valence-corrected chi connectivity index (χ3v) is 5.10. The highest BCUT2D eigenvalue weighted by Crippen LogP contribution is 2.21. The molecule has 0 saturated carbocycles. The largest absolute Gasteiger partial charge is 0.348 e. The molecule has 0 radical (unpaired) electrons. The van der Waals surface area contributed by atoms with Gasteiger partial charge in [0.1, 0.15) is 0 Å². The summed E-state index contributed by atoms with van der Waals surface area (Å²) in [6, 6.07) is 16.7. The second-order valence-electron chi connectivity index (χ2n) is 6.75. The van der Waals surface area contributed by atoms with Gasteiger partial charge in [0.2, 0.25) is 5.91 Å². The lowest BCUT2D eigenvalue weighted by atomic mass is 9.98. The first-order chi connectivity index (χ1) is 11.6. The molecule has 1 N–H and O–H groups in total. The van der Waals surface area contributed by atoms with Crippen LogP contribution in [0.25, 0.3) is 0 Å². The van der Waals surface area contributed by atoms with Gasteiger partial charge in [0, 0.05) is 13.1 Å². The van der Waals surface area contributed by atoms with Crippen molar-refractivity contribution in [3.63, 3.8) is 0 Å². The quantitative estimate of drug-likeness (QED) is 0.932. The summed E-state index contributed by atoms with van der Waals surface area (Å²) in [7, 11) is 0. The van der Waals surface area contributed by atoms with Crippen molar-refractivity contribution in [3.8, 4) is 0 Å². The van der Waals surface area contributed by atoms with E-state index in [2.05, 4.69) is 60.5 Å². The Kier molecular flexibility index (Phi) is 5.00. The van der Waals surface area contributed by atoms with Gasteiger partial charge in [-0.1, -0.05) is 48.5 Å². The predicted octanol–water partition coefficient (Wildman–Crippen LogP) is 3.62. The molecular weight excluding hydrogens is 296 g/mol. The molecule has 126 valence electrons. The average Bonchev–Trinajstić information content (AvgIpc) is 2.60. The molecule has 0 aromatic heterocycles. The van der Waals surface area contributed by atoms with E-state index in [9.17, 15) is 4.79 Å². The van der Waals surface area contributed by atoms with Crippen molar-refractivity contribution in [2.75, 3.05) is 6.54 Å². The van der Waals surface area contributed by atoms with Gasteiger partial charge in [-0.3, -0.25) is 9.69 Å². The van der Waals surface area contributed by atoms with Crippen molar-refractivity contribution in [1.82, 2.24) is 10.2 Å². The van der Waals surface area contributed by atoms with Crippen molar-refractivity contribution in [1.29, 1.82) is 0 Å². The maximum absolute atomic E-state index is 12.7. The molecule has 1 amide bonds. The molecule has 1 aliphatic heterocycles. The first kappa shape index (κ1) is 16.7. The summed E-state index contributed by atoms with van der Waals surface area (Å²) in [5, 5.41) is 3.18. The van der Waals surface area contributed by atoms with Crippen LogP contribution in [0.4, 0.5) is 0 Å². The van der Waals surface area contributed by atoms with Gasteiger partial charge in [0.25, 0.3) is 0 Å². The maximum Gasteiger partial charge on any atom is 0.237 e. The van der Waals surface area contributed by atoms with E-state index in [-0.39, 0.29) is 18.0 Å². The van der Waals surface area contributed by atoms with Gasteiger partial charge in [-0.2, -0.15) is 0 Å². The molecule has 1 aliphatic rings. The minimum absolute atomic E-state index is 0.0261. The van der Waals surface area contributed by atoms with Gasteiger partial charge in [-0.25, -0.2) is 0 Å². The fraction of sp³-hybridized carbons (Fsp3) is 0.381. The highest BCUT2D eigenvalue weighted by atomic mass is 16.2. The lowest BCUT2D eigenvalue weighted by Gasteiger charge is -2.33. The lowest BCUT2D eigenvalue weighted by molar-refractivity contribution is -0.126. The van der Waals surface area contributed by atoms with E-state index in [0.717, 1.165) is 19.5 Å². The second-order valence-corrected chi connectivity index (χ2v) is 6.75. The fourth-order valence-electron chi connectivity index (χ4n) is 3.50. The van der Waals surface area contributed by atoms with Gasteiger partial charge >= 0.3 is 0 Å². The number of nitrogens with one attached hydrogen (secondary N) is 1. The Balaban J connectivity index is 1.64. The number of carbonyl (C=O) groups is 1. The van der Waals surface area contributed by atoms with Crippen molar-refractivity contribution in [2.24, 2.45) is 0 Å². The molecule has 2 aromatic carbocycles. The zero-order valence-corrected chi connectivity index (χ0v) is 14.8. The molecular formula is C21H26N2O. The number of hydrogen-bond donors (Lipinski definition) is 1. The number of amides is 1. The average molecular weight is 322 g/mol. The molecule has 0 spiro atoms. The summed E-state index contributed by atoms with van der Waals surface area (Å²) < 4.78 is 0. The number of fused-ring (bicyclic) bond motifs is 1. The van der Waals surface area contributed by atoms with Crippen LogP contribution in [0.1, 0.15) is 42.1 Å². The van der Waals surface area contributed by atoms with E-state index >= 15 is 0 Å². The summed E-state index contributed by atoms with van der Waals surface area (Å²) >= 11 is 0. The zero-order chi connectivity index (χ0) is 17.1. The van der Waals surface area contributed by atoms with Crippen LogP contribution in [0.5, 0.6) is 0 Å². The van der Waals surface area contributed by atoms with Gasteiger partial charge in [-0.15, -0.1) is 0 Å². The Morgan fingerprint density at radius 1 is 1.04 bits per heavy atom. The lowest BCUT2D eigenvalue weighted by Crippen LogP contribution is -2.47. The minimum Gasteiger partial charge on any atom is -0.348 e. The Hall–Kier alpha value is -2.13. The zero-order valence-electron chi connectivity index (χ0n) is 14.8. The Bertz CT molecular complexity index is 725. The predicted molar refractivity (Wildman–Crippen MR) is 97.8 cm³/mol. The Morgan fingerprint density at radius 2 is 1.71 bits per heavy atom. The highest BCUT2D eigenvalue weighted by molar-refractivity contribution is 5.81. The summed E-state index contributed by atoms with van der Waals surface area (Å²) in [5.74, 6) is 0.102. The second kappa shape index (κ2) is 7.18. The van der Waals surface area contributed by atoms with E-state index in [1.807, 2.05) is 19.1 Å². The van der Waals surface area contributed by atoms with Crippen LogP contribution in [0, 0.1) is 6.92 Å². The van der Waals surface area contributed by atoms with E-state index in [0.29, 0.717) is 0 Å². The number of carbonyl (C=O) groups excluding carboxylic acids is 1. The van der Waals surface area contributed by atoms with Crippen molar-refractivity contribution >= 4 is 5.91 Å². The van der Waals surface area contributed by atoms with Crippen molar-refractivity contribution in [2.45, 2.75) is 45.8 Å². The van der Waals surface area contributed by atoms with E-state index in [1.165, 1.54) is 22.3 Å². The van der Waals surface area contributed by atoms with Crippen LogP contribution >= 0.6 is 0 Å². The molecule has 0 saturated heterocycles. The van der Waals surface area contributed by atoms with E-state index in [1.54, 1.807) is 0 Å². The van der Waals surface area contributed by atoms with Crippen LogP contribution in [0.3, 0.4) is 0 Å². The third kappa shape index (κ3) is 3.51. The number of aryl methyl sites for hydroxylation is 1. The van der Waals surface area contributed by atoms with Crippen LogP contribution in [-0.2, 0) is 17.8 Å². The first-order valence-electron chi connectivity index (χ1n) is 8.73. The molecule has 3 nitrogen and oxygen atoms in total. The smallest absolute Gasteiger partial charge is 0.237 e. The van der Waals surface area contributed by atoms with Crippen LogP contribution in [0.15, 0.2) is 48.5 Å². The van der Waals surface area contributed by atoms with Crippen molar-refractivity contribution in [3.05, 3.63) is 70.8 Å². The van der Waals surface area contributed by atoms with Gasteiger partial charge in [0.15, 0.2) is 0 Å². The monoisotopic (exact) mass is 322 g/mol. The molecule has 0 bridgehead atoms.